The third-order valence-electron chi connectivity index (χ3n) is 3.25. The highest BCUT2D eigenvalue weighted by molar-refractivity contribution is 5.88. The van der Waals surface area contributed by atoms with Crippen LogP contribution in [0.5, 0.6) is 11.5 Å². The van der Waals surface area contributed by atoms with E-state index < -0.39 is 0 Å². The number of fused-ring (bicyclic) bond motifs is 1. The van der Waals surface area contributed by atoms with Gasteiger partial charge in [-0.2, -0.15) is 0 Å². The van der Waals surface area contributed by atoms with Gasteiger partial charge in [0.1, 0.15) is 17.3 Å². The van der Waals surface area contributed by atoms with Gasteiger partial charge in [-0.3, -0.25) is 4.79 Å². The van der Waals surface area contributed by atoms with Crippen LogP contribution in [0.3, 0.4) is 0 Å². The van der Waals surface area contributed by atoms with Gasteiger partial charge in [0.05, 0.1) is 18.0 Å². The van der Waals surface area contributed by atoms with Crippen molar-refractivity contribution in [3.8, 4) is 22.8 Å². The Morgan fingerprint density at radius 1 is 1.19 bits per heavy atom. The molecule has 0 atom stereocenters. The molecule has 0 amide bonds. The molecule has 3 rings (SSSR count). The van der Waals surface area contributed by atoms with Gasteiger partial charge >= 0.3 is 0 Å². The second kappa shape index (κ2) is 4.94. The van der Waals surface area contributed by atoms with Gasteiger partial charge in [0, 0.05) is 29.5 Å². The molecular formula is C16H12FNO3. The number of ether oxygens (including phenoxy) is 1. The van der Waals surface area contributed by atoms with Crippen molar-refractivity contribution in [2.45, 2.75) is 0 Å². The molecule has 0 unspecified atom stereocenters. The summed E-state index contributed by atoms with van der Waals surface area (Å²) in [6.45, 7) is 0. The number of halogens is 1. The lowest BCUT2D eigenvalue weighted by molar-refractivity contribution is 0.409. The Morgan fingerprint density at radius 3 is 2.71 bits per heavy atom. The number of hydrogen-bond acceptors (Lipinski definition) is 3. The quantitative estimate of drug-likeness (QED) is 0.760. The molecule has 2 N–H and O–H groups in total. The molecule has 5 heteroatoms. The third kappa shape index (κ3) is 2.33. The van der Waals surface area contributed by atoms with Gasteiger partial charge in [-0.15, -0.1) is 0 Å². The van der Waals surface area contributed by atoms with Gasteiger partial charge in [0.2, 0.25) is 0 Å². The standard InChI is InChI=1S/C16H12FNO3/c1-21-11-6-13-16(14(19)7-11)15(20)8-12(18-13)9-3-2-4-10(17)5-9/h2-8,19H,1H3,(H,18,20). The predicted molar refractivity (Wildman–Crippen MR) is 78.2 cm³/mol. The molecule has 0 saturated carbocycles. The minimum Gasteiger partial charge on any atom is -0.507 e. The molecule has 3 aromatic rings. The molecule has 2 aromatic carbocycles. The maximum Gasteiger partial charge on any atom is 0.193 e. The number of aromatic amines is 1. The van der Waals surface area contributed by atoms with E-state index in [2.05, 4.69) is 4.98 Å². The molecule has 0 saturated heterocycles. The first-order valence-corrected chi connectivity index (χ1v) is 6.28. The first-order chi connectivity index (χ1) is 10.1. The van der Waals surface area contributed by atoms with Crippen LogP contribution in [-0.4, -0.2) is 17.2 Å². The summed E-state index contributed by atoms with van der Waals surface area (Å²) in [7, 11) is 1.47. The summed E-state index contributed by atoms with van der Waals surface area (Å²) >= 11 is 0. The van der Waals surface area contributed by atoms with E-state index in [1.54, 1.807) is 18.2 Å². The summed E-state index contributed by atoms with van der Waals surface area (Å²) in [6.07, 6.45) is 0. The van der Waals surface area contributed by atoms with Crippen LogP contribution in [-0.2, 0) is 0 Å². The summed E-state index contributed by atoms with van der Waals surface area (Å²) in [5, 5.41) is 10.1. The number of pyridine rings is 1. The summed E-state index contributed by atoms with van der Waals surface area (Å²) in [6, 6.07) is 10.2. The smallest absolute Gasteiger partial charge is 0.193 e. The number of nitrogens with one attached hydrogen (secondary N) is 1. The third-order valence-corrected chi connectivity index (χ3v) is 3.25. The first-order valence-electron chi connectivity index (χ1n) is 6.28. The minimum atomic E-state index is -0.387. The number of methoxy groups -OCH3 is 1. The number of phenolic OH excluding ortho intramolecular Hbond substituents is 1. The van der Waals surface area contributed by atoms with Crippen LogP contribution in [0.4, 0.5) is 4.39 Å². The van der Waals surface area contributed by atoms with E-state index in [1.165, 1.54) is 31.4 Å². The predicted octanol–water partition coefficient (Wildman–Crippen LogP) is 3.05. The lowest BCUT2D eigenvalue weighted by atomic mass is 10.1. The van der Waals surface area contributed by atoms with Gasteiger partial charge in [-0.05, 0) is 12.1 Å². The summed E-state index contributed by atoms with van der Waals surface area (Å²) in [5.41, 5.74) is 1.11. The van der Waals surface area contributed by atoms with Gasteiger partial charge in [0.15, 0.2) is 5.43 Å². The average molecular weight is 285 g/mol. The highest BCUT2D eigenvalue weighted by atomic mass is 19.1. The summed E-state index contributed by atoms with van der Waals surface area (Å²) < 4.78 is 18.4. The van der Waals surface area contributed by atoms with Crippen LogP contribution in [0.25, 0.3) is 22.2 Å². The van der Waals surface area contributed by atoms with E-state index in [4.69, 9.17) is 4.74 Å². The zero-order valence-electron chi connectivity index (χ0n) is 11.2. The Balaban J connectivity index is 2.30. The second-order valence-corrected chi connectivity index (χ2v) is 4.63. The SMILES string of the molecule is COc1cc(O)c2c(=O)cc(-c3cccc(F)c3)[nH]c2c1. The molecule has 106 valence electrons. The van der Waals surface area contributed by atoms with Crippen molar-refractivity contribution in [2.75, 3.05) is 7.11 Å². The number of hydrogen-bond donors (Lipinski definition) is 2. The summed E-state index contributed by atoms with van der Waals surface area (Å²) in [5.74, 6) is -0.120. The summed E-state index contributed by atoms with van der Waals surface area (Å²) in [4.78, 5) is 15.2. The van der Waals surface area contributed by atoms with Crippen LogP contribution in [0, 0.1) is 5.82 Å². The zero-order valence-corrected chi connectivity index (χ0v) is 11.2. The Hall–Kier alpha value is -2.82. The Morgan fingerprint density at radius 2 is 2.00 bits per heavy atom. The molecule has 0 aliphatic carbocycles. The number of aromatic hydroxyl groups is 1. The van der Waals surface area contributed by atoms with E-state index in [0.717, 1.165) is 0 Å². The van der Waals surface area contributed by atoms with E-state index in [-0.39, 0.29) is 22.4 Å². The molecular weight excluding hydrogens is 273 g/mol. The maximum absolute atomic E-state index is 13.3. The lowest BCUT2D eigenvalue weighted by Crippen LogP contribution is -2.03. The van der Waals surface area contributed by atoms with E-state index in [1.807, 2.05) is 0 Å². The van der Waals surface area contributed by atoms with Gasteiger partial charge in [0.25, 0.3) is 0 Å². The maximum atomic E-state index is 13.3. The van der Waals surface area contributed by atoms with Crippen LogP contribution >= 0.6 is 0 Å². The van der Waals surface area contributed by atoms with E-state index in [9.17, 15) is 14.3 Å². The van der Waals surface area contributed by atoms with Crippen molar-refractivity contribution < 1.29 is 14.2 Å². The van der Waals surface area contributed by atoms with E-state index >= 15 is 0 Å². The van der Waals surface area contributed by atoms with Crippen molar-refractivity contribution in [1.29, 1.82) is 0 Å². The van der Waals surface area contributed by atoms with Crippen molar-refractivity contribution in [2.24, 2.45) is 0 Å². The fourth-order valence-electron chi connectivity index (χ4n) is 2.27. The lowest BCUT2D eigenvalue weighted by Gasteiger charge is -2.08. The Bertz CT molecular complexity index is 886. The largest absolute Gasteiger partial charge is 0.507 e. The first kappa shape index (κ1) is 13.2. The highest BCUT2D eigenvalue weighted by Crippen LogP contribution is 2.28. The number of phenols is 1. The fourth-order valence-corrected chi connectivity index (χ4v) is 2.27. The second-order valence-electron chi connectivity index (χ2n) is 4.63. The van der Waals surface area contributed by atoms with Gasteiger partial charge < -0.3 is 14.8 Å². The van der Waals surface area contributed by atoms with Crippen molar-refractivity contribution >= 4 is 10.9 Å². The molecule has 0 radical (unpaired) electrons. The molecule has 0 fully saturated rings. The minimum absolute atomic E-state index is 0.156. The molecule has 1 heterocycles. The van der Waals surface area contributed by atoms with Crippen LogP contribution in [0.2, 0.25) is 0 Å². The highest BCUT2D eigenvalue weighted by Gasteiger charge is 2.10. The van der Waals surface area contributed by atoms with Crippen molar-refractivity contribution in [1.82, 2.24) is 4.98 Å². The molecule has 21 heavy (non-hydrogen) atoms. The Labute approximate surface area is 119 Å². The molecule has 0 bridgehead atoms. The van der Waals surface area contributed by atoms with Crippen molar-refractivity contribution in [3.05, 3.63) is 58.5 Å². The molecule has 1 aromatic heterocycles. The number of H-pyrrole nitrogens is 1. The van der Waals surface area contributed by atoms with Gasteiger partial charge in [-0.1, -0.05) is 12.1 Å². The number of rotatable bonds is 2. The van der Waals surface area contributed by atoms with Gasteiger partial charge in [-0.25, -0.2) is 4.39 Å². The topological polar surface area (TPSA) is 62.3 Å². The Kier molecular flexibility index (Phi) is 3.10. The van der Waals surface area contributed by atoms with E-state index in [0.29, 0.717) is 22.5 Å². The molecule has 0 aliphatic heterocycles. The fraction of sp³-hybridized carbons (Fsp3) is 0.0625. The monoisotopic (exact) mass is 285 g/mol. The van der Waals surface area contributed by atoms with Crippen LogP contribution in [0.1, 0.15) is 0 Å². The molecule has 4 nitrogen and oxygen atoms in total. The molecule has 0 aliphatic rings. The van der Waals surface area contributed by atoms with Crippen molar-refractivity contribution in [3.63, 3.8) is 0 Å². The normalized spacial score (nSPS) is 10.8. The number of benzene rings is 2. The zero-order chi connectivity index (χ0) is 15.0. The van der Waals surface area contributed by atoms with Crippen LogP contribution < -0.4 is 10.2 Å². The average Bonchev–Trinajstić information content (AvgIpc) is 2.46. The number of aromatic nitrogens is 1. The van der Waals surface area contributed by atoms with Crippen LogP contribution in [0.15, 0.2) is 47.3 Å². The molecule has 0 spiro atoms.